The largest absolute Gasteiger partial charge is 0.494 e. The Morgan fingerprint density at radius 3 is 2.60 bits per heavy atom. The highest BCUT2D eigenvalue weighted by Crippen LogP contribution is 2.37. The molecule has 2 aliphatic rings. The van der Waals surface area contributed by atoms with Gasteiger partial charge in [0.05, 0.1) is 23.3 Å². The van der Waals surface area contributed by atoms with Gasteiger partial charge < -0.3 is 29.3 Å². The first-order valence-corrected chi connectivity index (χ1v) is 18.7. The molecule has 2 N–H and O–H groups in total. The van der Waals surface area contributed by atoms with E-state index in [1.165, 1.54) is 6.20 Å². The molecule has 0 aliphatic carbocycles. The summed E-state index contributed by atoms with van der Waals surface area (Å²) in [7, 11) is 0. The van der Waals surface area contributed by atoms with Gasteiger partial charge in [-0.15, -0.1) is 0 Å². The molecule has 0 amide bonds. The molecular formula is C42H47ClN4O6. The molecule has 53 heavy (non-hydrogen) atoms. The highest BCUT2D eigenvalue weighted by atomic mass is 35.5. The zero-order valence-corrected chi connectivity index (χ0v) is 31.1. The van der Waals surface area contributed by atoms with E-state index in [9.17, 15) is 20.3 Å². The van der Waals surface area contributed by atoms with Crippen LogP contribution in [0.2, 0.25) is 5.02 Å². The predicted octanol–water partition coefficient (Wildman–Crippen LogP) is 7.32. The third-order valence-corrected chi connectivity index (χ3v) is 10.5. The lowest BCUT2D eigenvalue weighted by Gasteiger charge is -2.33. The molecule has 2 saturated heterocycles. The van der Waals surface area contributed by atoms with Gasteiger partial charge in [-0.2, -0.15) is 5.26 Å². The number of aryl methyl sites for hydroxylation is 1. The van der Waals surface area contributed by atoms with E-state index in [0.29, 0.717) is 48.2 Å². The van der Waals surface area contributed by atoms with Crippen LogP contribution in [0.15, 0.2) is 67.0 Å². The molecule has 0 spiro atoms. The minimum atomic E-state index is -0.834. The van der Waals surface area contributed by atoms with Crippen molar-refractivity contribution in [3.05, 3.63) is 105 Å². The molecule has 2 aliphatic heterocycles. The summed E-state index contributed by atoms with van der Waals surface area (Å²) in [4.78, 5) is 20.5. The van der Waals surface area contributed by atoms with E-state index in [-0.39, 0.29) is 19.3 Å². The van der Waals surface area contributed by atoms with Crippen molar-refractivity contribution in [2.75, 3.05) is 32.8 Å². The summed E-state index contributed by atoms with van der Waals surface area (Å²) in [5.41, 5.74) is 7.33. The topological polar surface area (TPSA) is 128 Å². The molecule has 2 fully saturated rings. The monoisotopic (exact) mass is 738 g/mol. The number of aliphatic hydroxyl groups excluding tert-OH is 1. The van der Waals surface area contributed by atoms with E-state index in [1.807, 2.05) is 23.1 Å². The van der Waals surface area contributed by atoms with Gasteiger partial charge in [-0.05, 0) is 98.2 Å². The summed E-state index contributed by atoms with van der Waals surface area (Å²) in [6.07, 6.45) is 7.06. The number of carboxylic acids is 1. The lowest BCUT2D eigenvalue weighted by molar-refractivity contribution is -0.144. The zero-order valence-electron chi connectivity index (χ0n) is 30.4. The summed E-state index contributed by atoms with van der Waals surface area (Å²) in [5.74, 6) is 0.960. The average Bonchev–Trinajstić information content (AvgIpc) is 3.58. The number of hydrogen-bond donors (Lipinski definition) is 2. The number of piperidine rings is 1. The lowest BCUT2D eigenvalue weighted by atomic mass is 9.93. The molecule has 3 aromatic carbocycles. The second kappa shape index (κ2) is 17.9. The fourth-order valence-electron chi connectivity index (χ4n) is 7.17. The minimum Gasteiger partial charge on any atom is -0.494 e. The molecule has 4 aromatic rings. The number of likely N-dealkylation sites (tertiary alicyclic amines) is 2. The number of β-amino-alcohol motifs (C(OH)–C–C–N with tert-alkyl or cyclic N) is 1. The molecule has 1 aromatic heterocycles. The van der Waals surface area contributed by atoms with E-state index in [1.54, 1.807) is 24.4 Å². The Labute approximate surface area is 316 Å². The van der Waals surface area contributed by atoms with Crippen molar-refractivity contribution >= 4 is 17.6 Å². The molecule has 0 saturated carbocycles. The highest BCUT2D eigenvalue weighted by molar-refractivity contribution is 6.32. The second-order valence-corrected chi connectivity index (χ2v) is 14.4. The standard InChI is InChI=1S/C42H47ClN4O6/c1-28-10-11-35(51-16-6-13-46-15-12-34(48)25-46)19-37(28)36-8-5-7-32(29(36)2)27-53-41-20-40(52-26-31-17-30(21-44)22-45-23-31)33(18-38(41)43)24-47-14-4-3-9-39(47)42(49)50/h5,7-8,10-11,17-20,22-23,34,39,48H,3-4,6,9,12-16,24-27H2,1-2H3,(H,49,50). The Bertz CT molecular complexity index is 1950. The van der Waals surface area contributed by atoms with Crippen LogP contribution in [0.25, 0.3) is 11.1 Å². The van der Waals surface area contributed by atoms with E-state index in [0.717, 1.165) is 90.0 Å². The SMILES string of the molecule is Cc1ccc(OCCCN2CCC(O)C2)cc1-c1cccc(COc2cc(OCc3cncc(C#N)c3)c(CN3CCCCC3C(=O)O)cc2Cl)c1C. The van der Waals surface area contributed by atoms with Crippen LogP contribution >= 0.6 is 11.6 Å². The molecular weight excluding hydrogens is 692 g/mol. The van der Waals surface area contributed by atoms with Crippen LogP contribution in [0.4, 0.5) is 0 Å². The maximum absolute atomic E-state index is 12.1. The molecule has 11 heteroatoms. The van der Waals surface area contributed by atoms with Crippen LogP contribution in [-0.2, 0) is 24.6 Å². The Kier molecular flexibility index (Phi) is 12.9. The molecule has 0 radical (unpaired) electrons. The number of pyridine rings is 1. The molecule has 6 rings (SSSR count). The van der Waals surface area contributed by atoms with E-state index in [2.05, 4.69) is 48.0 Å². The Hall–Kier alpha value is -4.66. The number of aromatic nitrogens is 1. The van der Waals surface area contributed by atoms with Gasteiger partial charge in [0.2, 0.25) is 0 Å². The Morgan fingerprint density at radius 1 is 0.962 bits per heavy atom. The van der Waals surface area contributed by atoms with Gasteiger partial charge in [0.15, 0.2) is 0 Å². The first-order chi connectivity index (χ1) is 25.7. The number of rotatable bonds is 15. The summed E-state index contributed by atoms with van der Waals surface area (Å²) in [6, 6.07) is 19.2. The number of ether oxygens (including phenoxy) is 3. The molecule has 2 unspecified atom stereocenters. The number of carboxylic acid groups (broad SMARTS) is 1. The maximum atomic E-state index is 12.1. The third-order valence-electron chi connectivity index (χ3n) is 10.2. The summed E-state index contributed by atoms with van der Waals surface area (Å²) in [5, 5.41) is 29.4. The fraction of sp³-hybridized carbons (Fsp3) is 0.405. The smallest absolute Gasteiger partial charge is 0.320 e. The van der Waals surface area contributed by atoms with E-state index >= 15 is 0 Å². The summed E-state index contributed by atoms with van der Waals surface area (Å²) >= 11 is 6.85. The average molecular weight is 739 g/mol. The predicted molar refractivity (Wildman–Crippen MR) is 203 cm³/mol. The fourth-order valence-corrected chi connectivity index (χ4v) is 7.41. The number of benzene rings is 3. The third kappa shape index (κ3) is 9.86. The van der Waals surface area contributed by atoms with Crippen LogP contribution in [0.5, 0.6) is 17.2 Å². The number of aliphatic hydroxyl groups is 1. The number of halogens is 1. The quantitative estimate of drug-likeness (QED) is 0.120. The summed E-state index contributed by atoms with van der Waals surface area (Å²) in [6.45, 7) is 8.82. The van der Waals surface area contributed by atoms with Crippen molar-refractivity contribution in [1.29, 1.82) is 5.26 Å². The van der Waals surface area contributed by atoms with Gasteiger partial charge in [0.1, 0.15) is 42.6 Å². The van der Waals surface area contributed by atoms with Crippen molar-refractivity contribution in [3.8, 4) is 34.4 Å². The van der Waals surface area contributed by atoms with Crippen molar-refractivity contribution < 1.29 is 29.2 Å². The van der Waals surface area contributed by atoms with Crippen LogP contribution in [0.1, 0.15) is 65.5 Å². The van der Waals surface area contributed by atoms with E-state index in [4.69, 9.17) is 25.8 Å². The van der Waals surface area contributed by atoms with Crippen LogP contribution < -0.4 is 14.2 Å². The van der Waals surface area contributed by atoms with Crippen molar-refractivity contribution in [3.63, 3.8) is 0 Å². The highest BCUT2D eigenvalue weighted by Gasteiger charge is 2.29. The van der Waals surface area contributed by atoms with Gasteiger partial charge in [-0.25, -0.2) is 0 Å². The van der Waals surface area contributed by atoms with Crippen molar-refractivity contribution in [2.45, 2.75) is 77.9 Å². The molecule has 278 valence electrons. The first kappa shape index (κ1) is 38.1. The number of hydrogen-bond acceptors (Lipinski definition) is 9. The van der Waals surface area contributed by atoms with Crippen LogP contribution in [0, 0.1) is 25.2 Å². The Balaban J connectivity index is 1.18. The molecule has 3 heterocycles. The molecule has 10 nitrogen and oxygen atoms in total. The lowest BCUT2D eigenvalue weighted by Crippen LogP contribution is -2.44. The minimum absolute atomic E-state index is 0.158. The normalized spacial score (nSPS) is 17.7. The van der Waals surface area contributed by atoms with Crippen LogP contribution in [0.3, 0.4) is 0 Å². The maximum Gasteiger partial charge on any atom is 0.320 e. The first-order valence-electron chi connectivity index (χ1n) is 18.3. The van der Waals surface area contributed by atoms with Gasteiger partial charge in [0, 0.05) is 55.8 Å². The van der Waals surface area contributed by atoms with Crippen molar-refractivity contribution in [2.24, 2.45) is 0 Å². The zero-order chi connectivity index (χ0) is 37.3. The van der Waals surface area contributed by atoms with Gasteiger partial charge in [-0.3, -0.25) is 14.7 Å². The van der Waals surface area contributed by atoms with Gasteiger partial charge in [-0.1, -0.05) is 42.3 Å². The number of nitriles is 1. The van der Waals surface area contributed by atoms with Gasteiger partial charge in [0.25, 0.3) is 0 Å². The number of nitrogens with zero attached hydrogens (tertiary/aromatic N) is 4. The summed E-state index contributed by atoms with van der Waals surface area (Å²) < 4.78 is 18.8. The number of aliphatic carboxylic acids is 1. The van der Waals surface area contributed by atoms with E-state index < -0.39 is 12.0 Å². The number of carbonyl (C=O) groups is 1. The van der Waals surface area contributed by atoms with Gasteiger partial charge >= 0.3 is 5.97 Å². The molecule has 2 atom stereocenters. The van der Waals surface area contributed by atoms with Crippen molar-refractivity contribution in [1.82, 2.24) is 14.8 Å². The van der Waals surface area contributed by atoms with Crippen LogP contribution in [-0.4, -0.2) is 75.9 Å². The Morgan fingerprint density at radius 2 is 1.81 bits per heavy atom. The second-order valence-electron chi connectivity index (χ2n) is 14.0. The molecule has 0 bridgehead atoms.